The molecule has 0 bridgehead atoms. The normalized spacial score (nSPS) is 16.8. The van der Waals surface area contributed by atoms with Gasteiger partial charge in [0.1, 0.15) is 17.9 Å². The van der Waals surface area contributed by atoms with Crippen LogP contribution in [0.1, 0.15) is 12.8 Å². The molecule has 1 aliphatic carbocycles. The van der Waals surface area contributed by atoms with Crippen LogP contribution in [-0.4, -0.2) is 79.5 Å². The van der Waals surface area contributed by atoms with Crippen molar-refractivity contribution in [2.75, 3.05) is 51.3 Å². The summed E-state index contributed by atoms with van der Waals surface area (Å²) in [7, 11) is -2.07. The van der Waals surface area contributed by atoms with Gasteiger partial charge in [-0.1, -0.05) is 0 Å². The predicted molar refractivity (Wildman–Crippen MR) is 130 cm³/mol. The number of morpholine rings is 1. The molecule has 0 atom stereocenters. The van der Waals surface area contributed by atoms with E-state index in [2.05, 4.69) is 19.6 Å². The van der Waals surface area contributed by atoms with E-state index in [9.17, 15) is 13.2 Å². The van der Waals surface area contributed by atoms with Crippen molar-refractivity contribution in [2.24, 2.45) is 0 Å². The SMILES string of the molecule is COc1ncc(-c2ccc3ncc(OCCN4CCOCC4)c(=O)n3c2)cc1NS(=O)(=O)C1CC1. The number of hydrogen-bond acceptors (Lipinski definition) is 9. The molecule has 1 saturated heterocycles. The molecule has 0 unspecified atom stereocenters. The van der Waals surface area contributed by atoms with Gasteiger partial charge < -0.3 is 14.2 Å². The summed E-state index contributed by atoms with van der Waals surface area (Å²) < 4.78 is 45.2. The molecule has 0 amide bonds. The van der Waals surface area contributed by atoms with E-state index in [0.717, 1.165) is 13.1 Å². The van der Waals surface area contributed by atoms with Crippen LogP contribution < -0.4 is 19.8 Å². The molecule has 0 radical (unpaired) electrons. The molecule has 1 N–H and O–H groups in total. The minimum atomic E-state index is -3.50. The molecular formula is C23H27N5O6S. The summed E-state index contributed by atoms with van der Waals surface area (Å²) in [6, 6.07) is 5.16. The molecule has 12 heteroatoms. The van der Waals surface area contributed by atoms with Crippen LogP contribution in [-0.2, 0) is 14.8 Å². The number of aromatic nitrogens is 3. The molecule has 5 rings (SSSR count). The maximum absolute atomic E-state index is 13.1. The number of nitrogens with one attached hydrogen (secondary N) is 1. The lowest BCUT2D eigenvalue weighted by atomic mass is 10.1. The summed E-state index contributed by atoms with van der Waals surface area (Å²) in [6.07, 6.45) is 5.93. The van der Waals surface area contributed by atoms with Crippen molar-refractivity contribution < 1.29 is 22.6 Å². The number of methoxy groups -OCH3 is 1. The van der Waals surface area contributed by atoms with Crippen molar-refractivity contribution in [1.82, 2.24) is 19.3 Å². The lowest BCUT2D eigenvalue weighted by Crippen LogP contribution is -2.38. The summed E-state index contributed by atoms with van der Waals surface area (Å²) in [4.78, 5) is 23.9. The van der Waals surface area contributed by atoms with Crippen LogP contribution in [0.15, 0.2) is 41.6 Å². The van der Waals surface area contributed by atoms with E-state index in [-0.39, 0.29) is 28.1 Å². The molecule has 11 nitrogen and oxygen atoms in total. The summed E-state index contributed by atoms with van der Waals surface area (Å²) in [6.45, 7) is 4.16. The standard InChI is InChI=1S/C23H27N5O6S/c1-32-22-19(26-35(30,31)18-3-4-18)12-17(13-25-22)16-2-5-21-24-14-20(23(29)28(21)15-16)34-11-8-27-6-9-33-10-7-27/h2,5,12-15,18,26H,3-4,6-11H2,1H3. The second-order valence-electron chi connectivity index (χ2n) is 8.50. The Labute approximate surface area is 202 Å². The van der Waals surface area contributed by atoms with E-state index in [1.807, 2.05) is 0 Å². The highest BCUT2D eigenvalue weighted by Crippen LogP contribution is 2.34. The minimum Gasteiger partial charge on any atom is -0.485 e. The smallest absolute Gasteiger partial charge is 0.300 e. The van der Waals surface area contributed by atoms with Crippen LogP contribution in [0.3, 0.4) is 0 Å². The molecule has 1 saturated carbocycles. The molecule has 0 aromatic carbocycles. The fourth-order valence-corrected chi connectivity index (χ4v) is 5.28. The van der Waals surface area contributed by atoms with Crippen molar-refractivity contribution in [2.45, 2.75) is 18.1 Å². The summed E-state index contributed by atoms with van der Waals surface area (Å²) >= 11 is 0. The third kappa shape index (κ3) is 5.24. The van der Waals surface area contributed by atoms with Gasteiger partial charge in [-0.15, -0.1) is 0 Å². The van der Waals surface area contributed by atoms with Gasteiger partial charge in [0.25, 0.3) is 5.56 Å². The lowest BCUT2D eigenvalue weighted by molar-refractivity contribution is 0.0321. The number of nitrogens with zero attached hydrogens (tertiary/aromatic N) is 4. The summed E-state index contributed by atoms with van der Waals surface area (Å²) in [5, 5.41) is -0.386. The molecule has 0 spiro atoms. The van der Waals surface area contributed by atoms with Crippen molar-refractivity contribution >= 4 is 21.4 Å². The number of sulfonamides is 1. The van der Waals surface area contributed by atoms with Crippen molar-refractivity contribution in [3.8, 4) is 22.8 Å². The van der Waals surface area contributed by atoms with Gasteiger partial charge in [0, 0.05) is 43.2 Å². The monoisotopic (exact) mass is 501 g/mol. The second kappa shape index (κ2) is 9.80. The Morgan fingerprint density at radius 2 is 1.94 bits per heavy atom. The Morgan fingerprint density at radius 3 is 2.69 bits per heavy atom. The van der Waals surface area contributed by atoms with Gasteiger partial charge in [-0.3, -0.25) is 18.8 Å². The molecular weight excluding hydrogens is 474 g/mol. The number of rotatable bonds is 9. The zero-order valence-electron chi connectivity index (χ0n) is 19.3. The third-order valence-corrected chi connectivity index (χ3v) is 7.89. The van der Waals surface area contributed by atoms with Crippen LogP contribution in [0.4, 0.5) is 5.69 Å². The molecule has 186 valence electrons. The van der Waals surface area contributed by atoms with Gasteiger partial charge in [-0.25, -0.2) is 18.4 Å². The Kier molecular flexibility index (Phi) is 6.58. The van der Waals surface area contributed by atoms with Crippen molar-refractivity contribution in [3.63, 3.8) is 0 Å². The Bertz CT molecular complexity index is 1380. The van der Waals surface area contributed by atoms with E-state index in [1.165, 1.54) is 17.7 Å². The van der Waals surface area contributed by atoms with Gasteiger partial charge in [0.15, 0.2) is 0 Å². The van der Waals surface area contributed by atoms with E-state index in [4.69, 9.17) is 14.2 Å². The number of ether oxygens (including phenoxy) is 3. The molecule has 2 aliphatic rings. The van der Waals surface area contributed by atoms with Crippen molar-refractivity contribution in [1.29, 1.82) is 0 Å². The Hall–Kier alpha value is -3.22. The fraction of sp³-hybridized carbons (Fsp3) is 0.435. The van der Waals surface area contributed by atoms with Crippen LogP contribution in [0.2, 0.25) is 0 Å². The quantitative estimate of drug-likeness (QED) is 0.463. The van der Waals surface area contributed by atoms with Gasteiger partial charge in [0.05, 0.1) is 31.8 Å². The van der Waals surface area contributed by atoms with Gasteiger partial charge in [-0.2, -0.15) is 0 Å². The zero-order valence-corrected chi connectivity index (χ0v) is 20.2. The molecule has 3 aromatic heterocycles. The fourth-order valence-electron chi connectivity index (χ4n) is 3.90. The highest BCUT2D eigenvalue weighted by Gasteiger charge is 2.36. The van der Waals surface area contributed by atoms with Crippen LogP contribution in [0, 0.1) is 0 Å². The first-order valence-electron chi connectivity index (χ1n) is 11.4. The van der Waals surface area contributed by atoms with Crippen LogP contribution >= 0.6 is 0 Å². The predicted octanol–water partition coefficient (Wildman–Crippen LogP) is 1.38. The first kappa shape index (κ1) is 23.5. The first-order chi connectivity index (χ1) is 16.9. The Morgan fingerprint density at radius 1 is 1.14 bits per heavy atom. The van der Waals surface area contributed by atoms with Crippen molar-refractivity contribution in [3.05, 3.63) is 47.1 Å². The maximum Gasteiger partial charge on any atom is 0.300 e. The van der Waals surface area contributed by atoms with E-state index >= 15 is 0 Å². The van der Waals surface area contributed by atoms with E-state index in [1.54, 1.807) is 30.6 Å². The lowest BCUT2D eigenvalue weighted by Gasteiger charge is -2.26. The topological polar surface area (TPSA) is 124 Å². The van der Waals surface area contributed by atoms with Gasteiger partial charge >= 0.3 is 0 Å². The number of hydrogen-bond donors (Lipinski definition) is 1. The largest absolute Gasteiger partial charge is 0.485 e. The van der Waals surface area contributed by atoms with E-state index < -0.39 is 10.0 Å². The number of pyridine rings is 2. The summed E-state index contributed by atoms with van der Waals surface area (Å²) in [5.41, 5.74) is 1.67. The van der Waals surface area contributed by atoms with Crippen LogP contribution in [0.25, 0.3) is 16.8 Å². The highest BCUT2D eigenvalue weighted by molar-refractivity contribution is 7.93. The van der Waals surface area contributed by atoms with Crippen LogP contribution in [0.5, 0.6) is 11.6 Å². The third-order valence-electron chi connectivity index (χ3n) is 6.03. The maximum atomic E-state index is 13.1. The van der Waals surface area contributed by atoms with Gasteiger partial charge in [0.2, 0.25) is 21.7 Å². The second-order valence-corrected chi connectivity index (χ2v) is 10.5. The number of anilines is 1. The minimum absolute atomic E-state index is 0.165. The Balaban J connectivity index is 1.39. The average Bonchev–Trinajstić information content (AvgIpc) is 3.72. The zero-order chi connectivity index (χ0) is 24.4. The highest BCUT2D eigenvalue weighted by atomic mass is 32.2. The molecule has 2 fully saturated rings. The molecule has 1 aliphatic heterocycles. The average molecular weight is 502 g/mol. The summed E-state index contributed by atoms with van der Waals surface area (Å²) in [5.74, 6) is 0.340. The number of fused-ring (bicyclic) bond motifs is 1. The first-order valence-corrected chi connectivity index (χ1v) is 13.0. The van der Waals surface area contributed by atoms with E-state index in [0.29, 0.717) is 56.0 Å². The molecule has 4 heterocycles. The molecule has 35 heavy (non-hydrogen) atoms. The molecule has 3 aromatic rings. The van der Waals surface area contributed by atoms with Gasteiger partial charge in [-0.05, 0) is 31.0 Å².